The van der Waals surface area contributed by atoms with E-state index in [1.807, 2.05) is 36.4 Å². The zero-order chi connectivity index (χ0) is 20.9. The van der Waals surface area contributed by atoms with Gasteiger partial charge in [-0.3, -0.25) is 4.32 Å². The van der Waals surface area contributed by atoms with Crippen molar-refractivity contribution in [1.82, 2.24) is 0 Å². The van der Waals surface area contributed by atoms with Crippen molar-refractivity contribution in [3.8, 4) is 17.2 Å². The molecule has 0 unspecified atom stereocenters. The van der Waals surface area contributed by atoms with E-state index in [1.54, 1.807) is 36.4 Å². The molecule has 0 fully saturated rings. The van der Waals surface area contributed by atoms with Crippen LogP contribution in [-0.4, -0.2) is 33.7 Å². The highest BCUT2D eigenvalue weighted by Crippen LogP contribution is 2.50. The van der Waals surface area contributed by atoms with Gasteiger partial charge in [-0.2, -0.15) is 0 Å². The minimum atomic E-state index is -2.55. The Labute approximate surface area is 169 Å². The van der Waals surface area contributed by atoms with Gasteiger partial charge in [-0.25, -0.2) is 0 Å². The monoisotopic (exact) mass is 396 g/mol. The van der Waals surface area contributed by atoms with Gasteiger partial charge in [0.25, 0.3) is 0 Å². The zero-order valence-electron chi connectivity index (χ0n) is 16.5. The van der Waals surface area contributed by atoms with Gasteiger partial charge in [0.15, 0.2) is 11.5 Å². The summed E-state index contributed by atoms with van der Waals surface area (Å²) in [6.45, 7) is 0. The number of hydrogen-bond donors (Lipinski definition) is 1. The number of methoxy groups -OCH3 is 3. The molecule has 0 spiro atoms. The Morgan fingerprint density at radius 1 is 0.724 bits per heavy atom. The van der Waals surface area contributed by atoms with Crippen LogP contribution < -0.4 is 14.2 Å². The van der Waals surface area contributed by atoms with E-state index < -0.39 is 13.0 Å². The fourth-order valence-corrected chi connectivity index (χ4v) is 3.55. The maximum absolute atomic E-state index is 14.1. The predicted molar refractivity (Wildman–Crippen MR) is 109 cm³/mol. The Hall–Kier alpha value is -3.03. The Bertz CT molecular complexity index is 895. The quantitative estimate of drug-likeness (QED) is 0.461. The van der Waals surface area contributed by atoms with Gasteiger partial charge >= 0.3 is 7.40 Å². The van der Waals surface area contributed by atoms with Crippen LogP contribution in [-0.2, 0) is 10.3 Å². The molecule has 0 aliphatic rings. The molecule has 0 atom stereocenters. The van der Waals surface area contributed by atoms with E-state index in [0.717, 1.165) is 0 Å². The molecular formula is C22H22BFO5. The summed E-state index contributed by atoms with van der Waals surface area (Å²) < 4.78 is 36.2. The first kappa shape index (κ1) is 20.7. The largest absolute Gasteiger partial charge is 0.678 e. The lowest BCUT2D eigenvalue weighted by atomic mass is 9.78. The molecule has 3 rings (SSSR count). The second-order valence-corrected chi connectivity index (χ2v) is 6.21. The topological polar surface area (TPSA) is 57.2 Å². The van der Waals surface area contributed by atoms with E-state index in [4.69, 9.17) is 18.9 Å². The smallest absolute Gasteiger partial charge is 0.493 e. The molecule has 3 aromatic rings. The van der Waals surface area contributed by atoms with Gasteiger partial charge < -0.3 is 23.9 Å². The lowest BCUT2D eigenvalue weighted by molar-refractivity contribution is 0.0970. The molecule has 0 heterocycles. The van der Waals surface area contributed by atoms with Gasteiger partial charge in [-0.1, -0.05) is 60.7 Å². The molecule has 5 nitrogen and oxygen atoms in total. The van der Waals surface area contributed by atoms with E-state index in [1.165, 1.54) is 21.3 Å². The average molecular weight is 396 g/mol. The molecule has 0 saturated heterocycles. The van der Waals surface area contributed by atoms with Crippen LogP contribution in [0, 0.1) is 0 Å². The van der Waals surface area contributed by atoms with E-state index in [-0.39, 0.29) is 0 Å². The van der Waals surface area contributed by atoms with Crippen molar-refractivity contribution in [2.24, 2.45) is 0 Å². The molecule has 1 N–H and O–H groups in total. The van der Waals surface area contributed by atoms with Crippen LogP contribution in [0.25, 0.3) is 0 Å². The molecule has 3 aromatic carbocycles. The molecule has 0 saturated carbocycles. The summed E-state index contributed by atoms with van der Waals surface area (Å²) >= 11 is 0. The third-order valence-electron chi connectivity index (χ3n) is 4.72. The van der Waals surface area contributed by atoms with Crippen LogP contribution in [0.5, 0.6) is 17.2 Å². The second-order valence-electron chi connectivity index (χ2n) is 6.21. The minimum Gasteiger partial charge on any atom is -0.493 e. The molecule has 0 amide bonds. The molecule has 150 valence electrons. The maximum Gasteiger partial charge on any atom is 0.678 e. The molecule has 0 bridgehead atoms. The van der Waals surface area contributed by atoms with Crippen LogP contribution in [0.4, 0.5) is 4.32 Å². The molecule has 0 aliphatic heterocycles. The first-order chi connectivity index (χ1) is 14.1. The zero-order valence-corrected chi connectivity index (χ0v) is 16.5. The number of benzene rings is 3. The van der Waals surface area contributed by atoms with E-state index in [9.17, 15) is 9.34 Å². The standard InChI is InChI=1S/C22H22BFO5/c1-26-19-15-14-18(20(27-2)21(19)28-3)22(29-23(24)25,16-10-6-4-7-11-16)17-12-8-5-9-13-17/h4-15,25H,1-3H3. The summed E-state index contributed by atoms with van der Waals surface area (Å²) in [6, 6.07) is 21.5. The Kier molecular flexibility index (Phi) is 6.41. The van der Waals surface area contributed by atoms with Crippen molar-refractivity contribution >= 4 is 7.40 Å². The highest BCUT2D eigenvalue weighted by Gasteiger charge is 2.44. The van der Waals surface area contributed by atoms with Crippen molar-refractivity contribution in [2.75, 3.05) is 21.3 Å². The highest BCUT2D eigenvalue weighted by molar-refractivity contribution is 6.33. The van der Waals surface area contributed by atoms with Crippen molar-refractivity contribution < 1.29 is 28.2 Å². The second kappa shape index (κ2) is 8.98. The third kappa shape index (κ3) is 3.79. The molecule has 0 radical (unpaired) electrons. The van der Waals surface area contributed by atoms with Gasteiger partial charge in [-0.15, -0.1) is 0 Å². The summed E-state index contributed by atoms with van der Waals surface area (Å²) in [5, 5.41) is 9.68. The van der Waals surface area contributed by atoms with Gasteiger partial charge in [0.1, 0.15) is 5.60 Å². The van der Waals surface area contributed by atoms with Gasteiger partial charge in [0.05, 0.1) is 21.3 Å². The van der Waals surface area contributed by atoms with E-state index >= 15 is 0 Å². The summed E-state index contributed by atoms with van der Waals surface area (Å²) in [7, 11) is 1.93. The van der Waals surface area contributed by atoms with Crippen molar-refractivity contribution in [3.63, 3.8) is 0 Å². The summed E-state index contributed by atoms with van der Waals surface area (Å²) in [6.07, 6.45) is 0. The first-order valence-corrected chi connectivity index (χ1v) is 8.99. The van der Waals surface area contributed by atoms with E-state index in [0.29, 0.717) is 33.9 Å². The van der Waals surface area contributed by atoms with Gasteiger partial charge in [0.2, 0.25) is 5.75 Å². The Balaban J connectivity index is 2.43. The van der Waals surface area contributed by atoms with Crippen LogP contribution in [0.15, 0.2) is 72.8 Å². The summed E-state index contributed by atoms with van der Waals surface area (Å²) in [4.78, 5) is 0. The highest BCUT2D eigenvalue weighted by atomic mass is 19.1. The van der Waals surface area contributed by atoms with Crippen LogP contribution >= 0.6 is 0 Å². The summed E-state index contributed by atoms with van der Waals surface area (Å²) in [5.41, 5.74) is 0.148. The average Bonchev–Trinajstić information content (AvgIpc) is 2.77. The SMILES string of the molecule is COc1ccc(C(OB(O)F)(c2ccccc2)c2ccccc2)c(OC)c1OC. The molecule has 0 aliphatic carbocycles. The Morgan fingerprint density at radius 2 is 1.24 bits per heavy atom. The fraction of sp³-hybridized carbons (Fsp3) is 0.182. The van der Waals surface area contributed by atoms with Gasteiger partial charge in [-0.05, 0) is 23.3 Å². The fourth-order valence-electron chi connectivity index (χ4n) is 3.55. The molecule has 0 aromatic heterocycles. The summed E-state index contributed by atoms with van der Waals surface area (Å²) in [5.74, 6) is 1.09. The van der Waals surface area contributed by atoms with Crippen molar-refractivity contribution in [3.05, 3.63) is 89.5 Å². The predicted octanol–water partition coefficient (Wildman–Crippen LogP) is 3.97. The van der Waals surface area contributed by atoms with Crippen molar-refractivity contribution in [2.45, 2.75) is 5.60 Å². The van der Waals surface area contributed by atoms with Crippen LogP contribution in [0.1, 0.15) is 16.7 Å². The molecule has 29 heavy (non-hydrogen) atoms. The van der Waals surface area contributed by atoms with E-state index in [2.05, 4.69) is 0 Å². The number of halogens is 1. The minimum absolute atomic E-state index is 0.306. The molecule has 7 heteroatoms. The number of ether oxygens (including phenoxy) is 3. The number of hydrogen-bond acceptors (Lipinski definition) is 5. The lowest BCUT2D eigenvalue weighted by Crippen LogP contribution is -2.38. The van der Waals surface area contributed by atoms with Gasteiger partial charge in [0, 0.05) is 5.56 Å². The van der Waals surface area contributed by atoms with Crippen LogP contribution in [0.3, 0.4) is 0 Å². The first-order valence-electron chi connectivity index (χ1n) is 8.99. The Morgan fingerprint density at radius 3 is 1.66 bits per heavy atom. The van der Waals surface area contributed by atoms with Crippen LogP contribution in [0.2, 0.25) is 0 Å². The molecular weight excluding hydrogens is 374 g/mol. The van der Waals surface area contributed by atoms with Crippen molar-refractivity contribution in [1.29, 1.82) is 0 Å². The number of rotatable bonds is 8. The third-order valence-corrected chi connectivity index (χ3v) is 4.72. The normalized spacial score (nSPS) is 11.1. The maximum atomic E-state index is 14.1. The lowest BCUT2D eigenvalue weighted by Gasteiger charge is -2.37.